The minimum absolute atomic E-state index is 0.211. The molecule has 1 nitrogen and oxygen atoms in total. The van der Waals surface area contributed by atoms with Crippen molar-refractivity contribution in [1.82, 2.24) is 4.90 Å². The largest absolute Gasteiger partial charge is 0.348 e. The highest BCUT2D eigenvalue weighted by molar-refractivity contribution is 5.30. The fraction of sp³-hybridized carbons (Fsp3) is 0.667. The third-order valence-corrected chi connectivity index (χ3v) is 2.55. The molecule has 1 rings (SSSR count). The molecule has 1 heterocycles. The number of rotatable bonds is 1. The first-order valence-electron chi connectivity index (χ1n) is 5.02. The smallest absolute Gasteiger partial charge is 0.0277 e. The summed E-state index contributed by atoms with van der Waals surface area (Å²) < 4.78 is 0. The van der Waals surface area contributed by atoms with Crippen LogP contribution in [-0.2, 0) is 0 Å². The summed E-state index contributed by atoms with van der Waals surface area (Å²) >= 11 is 0. The molecule has 0 saturated heterocycles. The second kappa shape index (κ2) is 3.21. The monoisotopic (exact) mass is 179 g/mol. The minimum atomic E-state index is 0.211. The highest BCUT2D eigenvalue weighted by atomic mass is 15.2. The Balaban J connectivity index is 3.08. The van der Waals surface area contributed by atoms with Gasteiger partial charge in [0.25, 0.3) is 0 Å². The van der Waals surface area contributed by atoms with E-state index >= 15 is 0 Å². The van der Waals surface area contributed by atoms with E-state index in [0.717, 1.165) is 0 Å². The Bertz CT molecular complexity index is 252. The topological polar surface area (TPSA) is 3.24 Å². The molecule has 0 N–H and O–H groups in total. The summed E-state index contributed by atoms with van der Waals surface area (Å²) in [5.41, 5.74) is 3.09. The highest BCUT2D eigenvalue weighted by Crippen LogP contribution is 2.39. The van der Waals surface area contributed by atoms with Crippen molar-refractivity contribution in [2.75, 3.05) is 0 Å². The first-order valence-corrected chi connectivity index (χ1v) is 5.02. The molecule has 74 valence electrons. The molecule has 0 aromatic heterocycles. The van der Waals surface area contributed by atoms with Crippen LogP contribution >= 0.6 is 0 Å². The van der Waals surface area contributed by atoms with Crippen LogP contribution in [0.25, 0.3) is 0 Å². The summed E-state index contributed by atoms with van der Waals surface area (Å²) in [6.45, 7) is 13.4. The summed E-state index contributed by atoms with van der Waals surface area (Å²) in [5.74, 6) is 0. The van der Waals surface area contributed by atoms with E-state index in [1.54, 1.807) is 0 Å². The third-order valence-electron chi connectivity index (χ3n) is 2.55. The van der Waals surface area contributed by atoms with Gasteiger partial charge in [-0.05, 0) is 27.7 Å². The third kappa shape index (κ3) is 1.79. The fourth-order valence-electron chi connectivity index (χ4n) is 2.09. The van der Waals surface area contributed by atoms with Crippen molar-refractivity contribution in [3.8, 4) is 0 Å². The van der Waals surface area contributed by atoms with Crippen LogP contribution in [0, 0.1) is 5.41 Å². The Morgan fingerprint density at radius 2 is 1.85 bits per heavy atom. The van der Waals surface area contributed by atoms with E-state index in [1.807, 2.05) is 0 Å². The first kappa shape index (κ1) is 10.4. The zero-order valence-electron chi connectivity index (χ0n) is 9.68. The summed E-state index contributed by atoms with van der Waals surface area (Å²) in [6.07, 6.45) is 4.50. The molecule has 0 fully saturated rings. The van der Waals surface area contributed by atoms with Crippen molar-refractivity contribution in [1.29, 1.82) is 0 Å². The van der Waals surface area contributed by atoms with Crippen LogP contribution < -0.4 is 0 Å². The van der Waals surface area contributed by atoms with Crippen molar-refractivity contribution in [3.05, 3.63) is 23.5 Å². The molecule has 1 aliphatic rings. The van der Waals surface area contributed by atoms with Gasteiger partial charge in [0, 0.05) is 23.4 Å². The van der Waals surface area contributed by atoms with Gasteiger partial charge in [-0.25, -0.2) is 0 Å². The molecule has 0 aliphatic carbocycles. The molecule has 0 amide bonds. The lowest BCUT2D eigenvalue weighted by Crippen LogP contribution is -2.27. The van der Waals surface area contributed by atoms with Crippen LogP contribution in [0.5, 0.6) is 0 Å². The van der Waals surface area contributed by atoms with Gasteiger partial charge in [0.15, 0.2) is 0 Å². The quantitative estimate of drug-likeness (QED) is 0.595. The van der Waals surface area contributed by atoms with Crippen LogP contribution in [0.1, 0.15) is 41.5 Å². The molecule has 0 saturated carbocycles. The molecule has 0 aromatic carbocycles. The van der Waals surface area contributed by atoms with E-state index in [2.05, 4.69) is 58.7 Å². The van der Waals surface area contributed by atoms with Gasteiger partial charge in [0.1, 0.15) is 0 Å². The Morgan fingerprint density at radius 1 is 1.31 bits per heavy atom. The van der Waals surface area contributed by atoms with Gasteiger partial charge in [-0.15, -0.1) is 0 Å². The maximum atomic E-state index is 2.37. The van der Waals surface area contributed by atoms with Crippen molar-refractivity contribution in [2.45, 2.75) is 47.6 Å². The molecule has 0 radical (unpaired) electrons. The van der Waals surface area contributed by atoms with Crippen molar-refractivity contribution in [3.63, 3.8) is 0 Å². The number of nitrogens with zero attached hydrogens (tertiary/aromatic N) is 1. The normalized spacial score (nSPS) is 20.2. The second-order valence-electron chi connectivity index (χ2n) is 4.89. The van der Waals surface area contributed by atoms with Gasteiger partial charge in [-0.3, -0.25) is 0 Å². The lowest BCUT2D eigenvalue weighted by atomic mass is 9.88. The molecule has 0 unspecified atom stereocenters. The lowest BCUT2D eigenvalue weighted by molar-refractivity contribution is 0.343. The highest BCUT2D eigenvalue weighted by Gasteiger charge is 2.31. The molecule has 1 aliphatic heterocycles. The summed E-state index contributed by atoms with van der Waals surface area (Å²) in [5, 5.41) is 0. The Kier molecular flexibility index (Phi) is 2.56. The minimum Gasteiger partial charge on any atom is -0.348 e. The van der Waals surface area contributed by atoms with Gasteiger partial charge in [0.05, 0.1) is 0 Å². The summed E-state index contributed by atoms with van der Waals surface area (Å²) in [4.78, 5) is 2.37. The summed E-state index contributed by atoms with van der Waals surface area (Å²) in [7, 11) is 0. The van der Waals surface area contributed by atoms with E-state index in [0.29, 0.717) is 6.04 Å². The predicted molar refractivity (Wildman–Crippen MR) is 58.3 cm³/mol. The van der Waals surface area contributed by atoms with Crippen LogP contribution in [0.4, 0.5) is 0 Å². The molecule has 13 heavy (non-hydrogen) atoms. The first-order chi connectivity index (χ1) is 5.86. The number of allylic oxidation sites excluding steroid dienone is 2. The molecular weight excluding hydrogens is 158 g/mol. The number of hydrogen-bond acceptors (Lipinski definition) is 1. The van der Waals surface area contributed by atoms with Gasteiger partial charge < -0.3 is 4.90 Å². The maximum Gasteiger partial charge on any atom is 0.0277 e. The molecular formula is C12H21N. The Labute approximate surface area is 82.1 Å². The zero-order chi connectivity index (χ0) is 10.2. The lowest BCUT2D eigenvalue weighted by Gasteiger charge is -2.31. The second-order valence-corrected chi connectivity index (χ2v) is 4.89. The van der Waals surface area contributed by atoms with Gasteiger partial charge in [-0.1, -0.05) is 25.5 Å². The summed E-state index contributed by atoms with van der Waals surface area (Å²) in [6, 6.07) is 0.558. The van der Waals surface area contributed by atoms with E-state index in [1.165, 1.54) is 11.3 Å². The molecule has 0 aromatic rings. The van der Waals surface area contributed by atoms with Crippen LogP contribution in [-0.4, -0.2) is 10.9 Å². The SMILES string of the molecule is CC(C)=C1N(C(C)C)C=CC1(C)C. The maximum absolute atomic E-state index is 2.37. The standard InChI is InChI=1S/C12H21N/c1-9(2)11-12(5,6)7-8-13(11)10(3)4/h7-8,10H,1-6H3. The van der Waals surface area contributed by atoms with Gasteiger partial charge in [0.2, 0.25) is 0 Å². The van der Waals surface area contributed by atoms with E-state index in [9.17, 15) is 0 Å². The van der Waals surface area contributed by atoms with Crippen molar-refractivity contribution in [2.24, 2.45) is 5.41 Å². The molecule has 1 heteroatoms. The van der Waals surface area contributed by atoms with Crippen LogP contribution in [0.15, 0.2) is 23.5 Å². The molecule has 0 bridgehead atoms. The predicted octanol–water partition coefficient (Wildman–Crippen LogP) is 3.54. The Hall–Kier alpha value is -0.720. The number of hydrogen-bond donors (Lipinski definition) is 0. The van der Waals surface area contributed by atoms with Gasteiger partial charge in [-0.2, -0.15) is 0 Å². The van der Waals surface area contributed by atoms with E-state index in [4.69, 9.17) is 0 Å². The average molecular weight is 179 g/mol. The van der Waals surface area contributed by atoms with Crippen molar-refractivity contribution >= 4 is 0 Å². The molecule has 0 spiro atoms. The van der Waals surface area contributed by atoms with Crippen LogP contribution in [0.3, 0.4) is 0 Å². The van der Waals surface area contributed by atoms with Gasteiger partial charge >= 0.3 is 0 Å². The van der Waals surface area contributed by atoms with E-state index < -0.39 is 0 Å². The zero-order valence-corrected chi connectivity index (χ0v) is 9.68. The molecule has 0 atom stereocenters. The average Bonchev–Trinajstić information content (AvgIpc) is 2.24. The van der Waals surface area contributed by atoms with E-state index in [-0.39, 0.29) is 5.41 Å². The fourth-order valence-corrected chi connectivity index (χ4v) is 2.09. The van der Waals surface area contributed by atoms with Crippen molar-refractivity contribution < 1.29 is 0 Å². The Morgan fingerprint density at radius 3 is 2.15 bits per heavy atom. The van der Waals surface area contributed by atoms with Crippen LogP contribution in [0.2, 0.25) is 0 Å².